The van der Waals surface area contributed by atoms with E-state index in [0.29, 0.717) is 23.4 Å². The molecule has 220 valence electrons. The Hall–Kier alpha value is -3.20. The van der Waals surface area contributed by atoms with Crippen molar-refractivity contribution < 1.29 is 37.3 Å². The molecule has 3 aromatic rings. The van der Waals surface area contributed by atoms with E-state index in [9.17, 15) is 23.1 Å². The van der Waals surface area contributed by atoms with Crippen molar-refractivity contribution >= 4 is 16.9 Å². The summed E-state index contributed by atoms with van der Waals surface area (Å²) < 4.78 is 56.1. The summed E-state index contributed by atoms with van der Waals surface area (Å²) in [6.07, 6.45) is -5.23. The lowest BCUT2D eigenvalue weighted by molar-refractivity contribution is -0.274. The number of hydrogen-bond donors (Lipinski definition) is 1. The number of aliphatic hydroxyl groups excluding tert-OH is 1. The minimum atomic E-state index is -4.81. The van der Waals surface area contributed by atoms with Crippen molar-refractivity contribution in [3.05, 3.63) is 48.5 Å². The summed E-state index contributed by atoms with van der Waals surface area (Å²) in [5, 5.41) is 11.3. The lowest BCUT2D eigenvalue weighted by Crippen LogP contribution is -2.45. The van der Waals surface area contributed by atoms with Crippen LogP contribution in [0.25, 0.3) is 22.2 Å². The Balaban J connectivity index is 1.70. The van der Waals surface area contributed by atoms with Crippen LogP contribution < -0.4 is 9.47 Å². The number of fused-ring (bicyclic) bond motifs is 1. The SMILES string of the molecule is Cn1c(-c2ccccc2OC(F)(F)F)cc2ccc(OCC(O)COC(=O)C(C)(CC(C)(C)C)C(C)(C)C)cc21. The zero-order valence-corrected chi connectivity index (χ0v) is 24.5. The fraction of sp³-hybridized carbons (Fsp3) is 0.516. The first-order valence-electron chi connectivity index (χ1n) is 13.2. The third-order valence-electron chi connectivity index (χ3n) is 7.24. The maximum Gasteiger partial charge on any atom is 0.573 e. The normalized spacial score (nSPS) is 15.0. The van der Waals surface area contributed by atoms with E-state index in [0.717, 1.165) is 10.9 Å². The Morgan fingerprint density at radius 2 is 1.60 bits per heavy atom. The van der Waals surface area contributed by atoms with E-state index in [-0.39, 0.29) is 35.8 Å². The van der Waals surface area contributed by atoms with Crippen molar-refractivity contribution in [1.29, 1.82) is 0 Å². The molecule has 6 nitrogen and oxygen atoms in total. The Labute approximate surface area is 234 Å². The van der Waals surface area contributed by atoms with Gasteiger partial charge in [-0.15, -0.1) is 13.2 Å². The van der Waals surface area contributed by atoms with Crippen molar-refractivity contribution in [1.82, 2.24) is 4.57 Å². The summed E-state index contributed by atoms with van der Waals surface area (Å²) in [5.74, 6) is -0.195. The highest BCUT2D eigenvalue weighted by Crippen LogP contribution is 2.47. The molecular formula is C31H40F3NO5. The molecule has 0 aliphatic carbocycles. The van der Waals surface area contributed by atoms with Gasteiger partial charge in [-0.2, -0.15) is 0 Å². The molecule has 0 aliphatic heterocycles. The summed E-state index contributed by atoms with van der Waals surface area (Å²) in [6, 6.07) is 13.0. The maximum atomic E-state index is 13.1. The molecule has 3 rings (SSSR count). The summed E-state index contributed by atoms with van der Waals surface area (Å²) >= 11 is 0. The molecule has 1 aromatic heterocycles. The fourth-order valence-corrected chi connectivity index (χ4v) is 4.83. The van der Waals surface area contributed by atoms with Crippen LogP contribution in [0.2, 0.25) is 0 Å². The van der Waals surface area contributed by atoms with Gasteiger partial charge in [0.2, 0.25) is 0 Å². The minimum Gasteiger partial charge on any atom is -0.491 e. The number of nitrogens with zero attached hydrogens (tertiary/aromatic N) is 1. The van der Waals surface area contributed by atoms with Crippen LogP contribution in [0.5, 0.6) is 11.5 Å². The van der Waals surface area contributed by atoms with Gasteiger partial charge in [0.05, 0.1) is 16.6 Å². The van der Waals surface area contributed by atoms with Gasteiger partial charge in [0.1, 0.15) is 30.8 Å². The van der Waals surface area contributed by atoms with Crippen molar-refractivity contribution in [2.75, 3.05) is 13.2 Å². The van der Waals surface area contributed by atoms with Crippen LogP contribution >= 0.6 is 0 Å². The highest BCUT2D eigenvalue weighted by molar-refractivity contribution is 5.89. The number of esters is 1. The van der Waals surface area contributed by atoms with Crippen LogP contribution in [-0.2, 0) is 16.6 Å². The summed E-state index contributed by atoms with van der Waals surface area (Å²) in [4.78, 5) is 13.1. The van der Waals surface area contributed by atoms with Crippen LogP contribution in [0.3, 0.4) is 0 Å². The fourth-order valence-electron chi connectivity index (χ4n) is 4.83. The molecule has 0 bridgehead atoms. The summed E-state index contributed by atoms with van der Waals surface area (Å²) in [5.41, 5.74) is 0.374. The number of hydrogen-bond acceptors (Lipinski definition) is 5. The quantitative estimate of drug-likeness (QED) is 0.273. The van der Waals surface area contributed by atoms with Crippen molar-refractivity contribution in [2.45, 2.75) is 67.4 Å². The average Bonchev–Trinajstić information content (AvgIpc) is 3.14. The Kier molecular flexibility index (Phi) is 8.89. The molecule has 9 heteroatoms. The van der Waals surface area contributed by atoms with Gasteiger partial charge in [-0.05, 0) is 54.5 Å². The molecule has 2 atom stereocenters. The number of halogens is 3. The third kappa shape index (κ3) is 7.50. The van der Waals surface area contributed by atoms with E-state index in [1.165, 1.54) is 12.1 Å². The van der Waals surface area contributed by atoms with Gasteiger partial charge >= 0.3 is 12.3 Å². The van der Waals surface area contributed by atoms with Crippen molar-refractivity contribution in [3.8, 4) is 22.8 Å². The molecule has 2 aromatic carbocycles. The zero-order chi connectivity index (χ0) is 30.1. The van der Waals surface area contributed by atoms with Gasteiger partial charge in [0.25, 0.3) is 0 Å². The van der Waals surface area contributed by atoms with E-state index in [2.05, 4.69) is 25.5 Å². The van der Waals surface area contributed by atoms with E-state index in [1.54, 1.807) is 48.0 Å². The molecule has 0 spiro atoms. The number of rotatable bonds is 9. The smallest absolute Gasteiger partial charge is 0.491 e. The van der Waals surface area contributed by atoms with Gasteiger partial charge in [0.15, 0.2) is 0 Å². The van der Waals surface area contributed by atoms with E-state index in [1.807, 2.05) is 27.7 Å². The number of para-hydroxylation sites is 1. The van der Waals surface area contributed by atoms with Crippen LogP contribution in [0, 0.1) is 16.2 Å². The largest absolute Gasteiger partial charge is 0.573 e. The summed E-state index contributed by atoms with van der Waals surface area (Å²) in [7, 11) is 1.74. The number of benzene rings is 2. The van der Waals surface area contributed by atoms with Crippen molar-refractivity contribution in [2.24, 2.45) is 23.3 Å². The van der Waals surface area contributed by atoms with Crippen molar-refractivity contribution in [3.63, 3.8) is 0 Å². The maximum absolute atomic E-state index is 13.1. The first kappa shape index (κ1) is 31.3. The Morgan fingerprint density at radius 3 is 2.20 bits per heavy atom. The second-order valence-corrected chi connectivity index (χ2v) is 12.7. The zero-order valence-electron chi connectivity index (χ0n) is 24.5. The van der Waals surface area contributed by atoms with Gasteiger partial charge in [0, 0.05) is 24.1 Å². The molecule has 40 heavy (non-hydrogen) atoms. The molecule has 1 heterocycles. The molecular weight excluding hydrogens is 523 g/mol. The molecule has 1 N–H and O–H groups in total. The lowest BCUT2D eigenvalue weighted by atomic mass is 9.61. The van der Waals surface area contributed by atoms with Gasteiger partial charge in [-0.3, -0.25) is 4.79 Å². The highest BCUT2D eigenvalue weighted by Gasteiger charge is 2.47. The van der Waals surface area contributed by atoms with Crippen LogP contribution in [-0.4, -0.2) is 41.3 Å². The average molecular weight is 564 g/mol. The standard InChI is InChI=1S/C31H40F3NO5/c1-28(2,3)19-30(7,29(4,5)6)27(37)39-18-21(36)17-38-22-14-13-20-15-25(35(8)24(20)16-22)23-11-9-10-12-26(23)40-31(32,33)34/h9-16,21,36H,17-19H2,1-8H3. The van der Waals surface area contributed by atoms with E-state index >= 15 is 0 Å². The number of ether oxygens (including phenoxy) is 3. The number of carbonyl (C=O) groups is 1. The Morgan fingerprint density at radius 1 is 0.950 bits per heavy atom. The van der Waals surface area contributed by atoms with Gasteiger partial charge in [-0.25, -0.2) is 0 Å². The predicted molar refractivity (Wildman–Crippen MR) is 149 cm³/mol. The summed E-state index contributed by atoms with van der Waals surface area (Å²) in [6.45, 7) is 13.8. The molecule has 0 fully saturated rings. The minimum absolute atomic E-state index is 0.0916. The molecule has 0 amide bonds. The Bertz CT molecular complexity index is 1330. The molecule has 2 unspecified atom stereocenters. The highest BCUT2D eigenvalue weighted by atomic mass is 19.4. The molecule has 0 saturated carbocycles. The number of carbonyl (C=O) groups excluding carboxylic acids is 1. The van der Waals surface area contributed by atoms with Gasteiger partial charge in [-0.1, -0.05) is 53.7 Å². The second-order valence-electron chi connectivity index (χ2n) is 12.7. The first-order chi connectivity index (χ1) is 18.3. The van der Waals surface area contributed by atoms with Gasteiger partial charge < -0.3 is 23.9 Å². The lowest BCUT2D eigenvalue weighted by Gasteiger charge is -2.43. The van der Waals surface area contributed by atoms with Crippen LogP contribution in [0.4, 0.5) is 13.2 Å². The van der Waals surface area contributed by atoms with Crippen LogP contribution in [0.1, 0.15) is 54.9 Å². The predicted octanol–water partition coefficient (Wildman–Crippen LogP) is 7.52. The van der Waals surface area contributed by atoms with E-state index < -0.39 is 17.9 Å². The molecule has 0 radical (unpaired) electrons. The molecule has 0 saturated heterocycles. The second kappa shape index (κ2) is 11.4. The van der Waals surface area contributed by atoms with Crippen LogP contribution in [0.15, 0.2) is 48.5 Å². The first-order valence-corrected chi connectivity index (χ1v) is 13.2. The number of aliphatic hydroxyl groups is 1. The number of aryl methyl sites for hydroxylation is 1. The molecule has 0 aliphatic rings. The topological polar surface area (TPSA) is 69.9 Å². The third-order valence-corrected chi connectivity index (χ3v) is 7.24. The number of alkyl halides is 3. The number of aromatic nitrogens is 1. The monoisotopic (exact) mass is 563 g/mol. The van der Waals surface area contributed by atoms with E-state index in [4.69, 9.17) is 9.47 Å².